The van der Waals surface area contributed by atoms with Gasteiger partial charge < -0.3 is 5.73 Å². The molecule has 4 nitrogen and oxygen atoms in total. The van der Waals surface area contributed by atoms with Crippen molar-refractivity contribution in [2.45, 2.75) is 26.3 Å². The van der Waals surface area contributed by atoms with E-state index in [1.54, 1.807) is 11.3 Å². The summed E-state index contributed by atoms with van der Waals surface area (Å²) in [6.45, 7) is 7.41. The van der Waals surface area contributed by atoms with Crippen molar-refractivity contribution in [2.75, 3.05) is 13.1 Å². The van der Waals surface area contributed by atoms with E-state index in [1.165, 1.54) is 0 Å². The SMILES string of the molecule is CC1=NN(CCN)C=NC1(C)C. The van der Waals surface area contributed by atoms with E-state index in [1.807, 2.05) is 20.8 Å². The van der Waals surface area contributed by atoms with E-state index < -0.39 is 0 Å². The zero-order valence-electron chi connectivity index (χ0n) is 7.91. The smallest absolute Gasteiger partial charge is 0.107 e. The van der Waals surface area contributed by atoms with Gasteiger partial charge in [0.25, 0.3) is 0 Å². The first-order valence-corrected chi connectivity index (χ1v) is 4.14. The Morgan fingerprint density at radius 3 is 2.75 bits per heavy atom. The molecule has 0 saturated heterocycles. The van der Waals surface area contributed by atoms with Crippen molar-refractivity contribution >= 4 is 12.1 Å². The third-order valence-electron chi connectivity index (χ3n) is 2.04. The Morgan fingerprint density at radius 2 is 2.25 bits per heavy atom. The minimum Gasteiger partial charge on any atom is -0.329 e. The molecule has 68 valence electrons. The molecule has 0 bridgehead atoms. The van der Waals surface area contributed by atoms with Gasteiger partial charge >= 0.3 is 0 Å². The van der Waals surface area contributed by atoms with Crippen LogP contribution in [0.2, 0.25) is 0 Å². The molecule has 0 saturated carbocycles. The molecule has 0 atom stereocenters. The summed E-state index contributed by atoms with van der Waals surface area (Å²) in [6, 6.07) is 0. The van der Waals surface area contributed by atoms with Crippen molar-refractivity contribution in [2.24, 2.45) is 15.8 Å². The van der Waals surface area contributed by atoms with Gasteiger partial charge in [0.15, 0.2) is 0 Å². The number of aliphatic imine (C=N–C) groups is 1. The zero-order chi connectivity index (χ0) is 9.19. The number of nitrogens with zero attached hydrogens (tertiary/aromatic N) is 3. The number of nitrogens with two attached hydrogens (primary N) is 1. The van der Waals surface area contributed by atoms with Crippen LogP contribution in [0.1, 0.15) is 20.8 Å². The van der Waals surface area contributed by atoms with Crippen LogP contribution >= 0.6 is 0 Å². The van der Waals surface area contributed by atoms with Crippen LogP contribution in [0.5, 0.6) is 0 Å². The third-order valence-corrected chi connectivity index (χ3v) is 2.04. The molecule has 0 amide bonds. The second-order valence-electron chi connectivity index (χ2n) is 3.44. The maximum absolute atomic E-state index is 5.40. The molecule has 0 spiro atoms. The van der Waals surface area contributed by atoms with E-state index in [0.29, 0.717) is 6.54 Å². The van der Waals surface area contributed by atoms with Gasteiger partial charge in [-0.15, -0.1) is 0 Å². The Morgan fingerprint density at radius 1 is 1.58 bits per heavy atom. The van der Waals surface area contributed by atoms with E-state index in [-0.39, 0.29) is 5.54 Å². The molecule has 12 heavy (non-hydrogen) atoms. The maximum atomic E-state index is 5.40. The molecule has 0 aliphatic carbocycles. The summed E-state index contributed by atoms with van der Waals surface area (Å²) in [5.74, 6) is 0. The van der Waals surface area contributed by atoms with Crippen LogP contribution in [0.4, 0.5) is 0 Å². The second-order valence-corrected chi connectivity index (χ2v) is 3.44. The monoisotopic (exact) mass is 168 g/mol. The number of rotatable bonds is 2. The summed E-state index contributed by atoms with van der Waals surface area (Å²) in [5.41, 5.74) is 6.28. The highest BCUT2D eigenvalue weighted by molar-refractivity contribution is 5.93. The predicted octanol–water partition coefficient (Wildman–Crippen LogP) is 0.443. The van der Waals surface area contributed by atoms with Gasteiger partial charge in [-0.1, -0.05) is 0 Å². The van der Waals surface area contributed by atoms with Gasteiger partial charge in [-0.3, -0.25) is 10.0 Å². The first-order chi connectivity index (χ1) is 5.56. The fourth-order valence-electron chi connectivity index (χ4n) is 0.885. The molecule has 1 aliphatic rings. The van der Waals surface area contributed by atoms with E-state index in [4.69, 9.17) is 5.73 Å². The van der Waals surface area contributed by atoms with Crippen molar-refractivity contribution in [1.29, 1.82) is 0 Å². The third kappa shape index (κ3) is 1.82. The van der Waals surface area contributed by atoms with Crippen LogP contribution in [0.15, 0.2) is 10.1 Å². The fraction of sp³-hybridized carbons (Fsp3) is 0.750. The molecule has 0 radical (unpaired) electrons. The normalized spacial score (nSPS) is 21.0. The molecule has 4 heteroatoms. The fourth-order valence-corrected chi connectivity index (χ4v) is 0.885. The molecule has 0 fully saturated rings. The molecule has 0 aromatic heterocycles. The van der Waals surface area contributed by atoms with Gasteiger partial charge in [0.05, 0.1) is 17.8 Å². The van der Waals surface area contributed by atoms with Gasteiger partial charge in [-0.25, -0.2) is 0 Å². The second kappa shape index (κ2) is 3.23. The van der Waals surface area contributed by atoms with Crippen molar-refractivity contribution < 1.29 is 0 Å². The standard InChI is InChI=1S/C8H16N4/c1-7-8(2,3)10-6-12(11-7)5-4-9/h6H,4-5,9H2,1-3H3. The lowest BCUT2D eigenvalue weighted by Gasteiger charge is -2.27. The van der Waals surface area contributed by atoms with E-state index in [2.05, 4.69) is 10.1 Å². The first kappa shape index (κ1) is 9.19. The summed E-state index contributed by atoms with van der Waals surface area (Å²) in [6.07, 6.45) is 1.75. The number of hydrazone groups is 1. The van der Waals surface area contributed by atoms with Gasteiger partial charge in [0.2, 0.25) is 0 Å². The summed E-state index contributed by atoms with van der Waals surface area (Å²) < 4.78 is 0. The highest BCUT2D eigenvalue weighted by atomic mass is 15.5. The molecular formula is C8H16N4. The van der Waals surface area contributed by atoms with E-state index >= 15 is 0 Å². The minimum absolute atomic E-state index is 0.148. The van der Waals surface area contributed by atoms with E-state index in [0.717, 1.165) is 12.3 Å². The summed E-state index contributed by atoms with van der Waals surface area (Å²) >= 11 is 0. The molecule has 1 rings (SSSR count). The molecule has 2 N–H and O–H groups in total. The first-order valence-electron chi connectivity index (χ1n) is 4.14. The van der Waals surface area contributed by atoms with Gasteiger partial charge in [-0.2, -0.15) is 5.10 Å². The molecule has 0 aromatic rings. The lowest BCUT2D eigenvalue weighted by Crippen LogP contribution is -2.37. The Bertz CT molecular complexity index is 217. The van der Waals surface area contributed by atoms with Crippen molar-refractivity contribution in [3.8, 4) is 0 Å². The van der Waals surface area contributed by atoms with Crippen molar-refractivity contribution in [3.63, 3.8) is 0 Å². The van der Waals surface area contributed by atoms with Gasteiger partial charge in [-0.05, 0) is 20.8 Å². The molecule has 0 unspecified atom stereocenters. The number of hydrogen-bond donors (Lipinski definition) is 1. The largest absolute Gasteiger partial charge is 0.329 e. The Balaban J connectivity index is 2.69. The summed E-state index contributed by atoms with van der Waals surface area (Å²) in [7, 11) is 0. The van der Waals surface area contributed by atoms with Gasteiger partial charge in [0, 0.05) is 6.54 Å². The topological polar surface area (TPSA) is 54.0 Å². The highest BCUT2D eigenvalue weighted by Gasteiger charge is 2.23. The predicted molar refractivity (Wildman–Crippen MR) is 51.4 cm³/mol. The van der Waals surface area contributed by atoms with Gasteiger partial charge in [0.1, 0.15) is 6.34 Å². The lowest BCUT2D eigenvalue weighted by atomic mass is 10.0. The van der Waals surface area contributed by atoms with E-state index in [9.17, 15) is 0 Å². The average Bonchev–Trinajstić information content (AvgIpc) is 1.98. The number of hydrogen-bond acceptors (Lipinski definition) is 4. The van der Waals surface area contributed by atoms with Crippen LogP contribution in [-0.2, 0) is 0 Å². The minimum atomic E-state index is -0.148. The Kier molecular flexibility index (Phi) is 2.47. The maximum Gasteiger partial charge on any atom is 0.107 e. The average molecular weight is 168 g/mol. The van der Waals surface area contributed by atoms with Crippen LogP contribution in [0, 0.1) is 0 Å². The Hall–Kier alpha value is -0.900. The van der Waals surface area contributed by atoms with Crippen molar-refractivity contribution in [3.05, 3.63) is 0 Å². The van der Waals surface area contributed by atoms with Crippen LogP contribution in [-0.4, -0.2) is 35.7 Å². The summed E-state index contributed by atoms with van der Waals surface area (Å²) in [5, 5.41) is 6.12. The Labute approximate surface area is 73.1 Å². The molecule has 1 heterocycles. The molecular weight excluding hydrogens is 152 g/mol. The zero-order valence-corrected chi connectivity index (χ0v) is 7.91. The molecule has 0 aromatic carbocycles. The van der Waals surface area contributed by atoms with Crippen molar-refractivity contribution in [1.82, 2.24) is 5.01 Å². The van der Waals surface area contributed by atoms with Crippen LogP contribution < -0.4 is 5.73 Å². The highest BCUT2D eigenvalue weighted by Crippen LogP contribution is 2.15. The van der Waals surface area contributed by atoms with Crippen LogP contribution in [0.25, 0.3) is 0 Å². The molecule has 1 aliphatic heterocycles. The van der Waals surface area contributed by atoms with Crippen LogP contribution in [0.3, 0.4) is 0 Å². The lowest BCUT2D eigenvalue weighted by molar-refractivity contribution is 0.441. The quantitative estimate of drug-likeness (QED) is 0.650. The summed E-state index contributed by atoms with van der Waals surface area (Å²) in [4.78, 5) is 4.36.